The second-order valence-electron chi connectivity index (χ2n) is 3.11. The Hall–Kier alpha value is -0.850. The second-order valence-corrected chi connectivity index (χ2v) is 4.29. The second kappa shape index (κ2) is 6.03. The van der Waals surface area contributed by atoms with Crippen LogP contribution in [0.5, 0.6) is 0 Å². The summed E-state index contributed by atoms with van der Waals surface area (Å²) in [6.45, 7) is 1.55. The molecule has 2 N–H and O–H groups in total. The first-order valence-corrected chi connectivity index (χ1v) is 6.17. The lowest BCUT2D eigenvalue weighted by Gasteiger charge is -2.11. The van der Waals surface area contributed by atoms with Crippen LogP contribution in [-0.2, 0) is 0 Å². The number of thioether (sulfide) groups is 1. The summed E-state index contributed by atoms with van der Waals surface area (Å²) in [6, 6.07) is -0.337. The van der Waals surface area contributed by atoms with Crippen LogP contribution in [0.25, 0.3) is 0 Å². The first-order valence-electron chi connectivity index (χ1n) is 4.56. The largest absolute Gasteiger partial charge is 0.394 e. The summed E-state index contributed by atoms with van der Waals surface area (Å²) >= 11 is 7.14. The van der Waals surface area contributed by atoms with Crippen molar-refractivity contribution in [2.75, 3.05) is 12.9 Å². The highest BCUT2D eigenvalue weighted by atomic mass is 35.5. The molecule has 0 radical (unpaired) electrons. The van der Waals surface area contributed by atoms with Gasteiger partial charge in [0, 0.05) is 6.04 Å². The van der Waals surface area contributed by atoms with E-state index in [0.29, 0.717) is 5.16 Å². The third-order valence-corrected chi connectivity index (χ3v) is 2.61. The third kappa shape index (κ3) is 3.33. The van der Waals surface area contributed by atoms with Crippen LogP contribution in [0.1, 0.15) is 17.4 Å². The zero-order chi connectivity index (χ0) is 12.1. The SMILES string of the molecule is CSc1ncc(Cl)c(C(=O)NC(C)CO)n1. The first-order chi connectivity index (χ1) is 7.58. The molecule has 1 amide bonds. The molecule has 1 aromatic heterocycles. The molecule has 1 unspecified atom stereocenters. The van der Waals surface area contributed by atoms with Crippen LogP contribution in [0.2, 0.25) is 5.02 Å². The quantitative estimate of drug-likeness (QED) is 0.624. The maximum Gasteiger partial charge on any atom is 0.271 e. The van der Waals surface area contributed by atoms with Gasteiger partial charge >= 0.3 is 0 Å². The summed E-state index contributed by atoms with van der Waals surface area (Å²) in [4.78, 5) is 19.6. The normalized spacial score (nSPS) is 12.2. The van der Waals surface area contributed by atoms with Crippen molar-refractivity contribution in [3.8, 4) is 0 Å². The van der Waals surface area contributed by atoms with Gasteiger partial charge in [0.2, 0.25) is 0 Å². The molecule has 1 rings (SSSR count). The van der Waals surface area contributed by atoms with E-state index in [4.69, 9.17) is 16.7 Å². The number of carbonyl (C=O) groups excluding carboxylic acids is 1. The number of hydrogen-bond acceptors (Lipinski definition) is 5. The number of rotatable bonds is 4. The van der Waals surface area contributed by atoms with Gasteiger partial charge in [0.15, 0.2) is 10.9 Å². The predicted octanol–water partition coefficient (Wildman–Crippen LogP) is 0.962. The highest BCUT2D eigenvalue weighted by Crippen LogP contribution is 2.16. The van der Waals surface area contributed by atoms with E-state index in [2.05, 4.69) is 15.3 Å². The van der Waals surface area contributed by atoms with Crippen LogP contribution in [0.3, 0.4) is 0 Å². The van der Waals surface area contributed by atoms with Crippen molar-refractivity contribution in [3.05, 3.63) is 16.9 Å². The molecule has 0 aliphatic rings. The van der Waals surface area contributed by atoms with Crippen LogP contribution >= 0.6 is 23.4 Å². The average Bonchev–Trinajstić information content (AvgIpc) is 2.29. The van der Waals surface area contributed by atoms with E-state index >= 15 is 0 Å². The standard InChI is InChI=1S/C9H12ClN3O2S/c1-5(4-14)12-8(15)7-6(10)3-11-9(13-7)16-2/h3,5,14H,4H2,1-2H3,(H,12,15). The molecule has 16 heavy (non-hydrogen) atoms. The smallest absolute Gasteiger partial charge is 0.271 e. The van der Waals surface area contributed by atoms with Crippen molar-refractivity contribution >= 4 is 29.3 Å². The lowest BCUT2D eigenvalue weighted by molar-refractivity contribution is 0.0916. The number of amides is 1. The summed E-state index contributed by atoms with van der Waals surface area (Å²) in [7, 11) is 0. The summed E-state index contributed by atoms with van der Waals surface area (Å²) < 4.78 is 0. The predicted molar refractivity (Wildman–Crippen MR) is 62.8 cm³/mol. The Balaban J connectivity index is 2.89. The molecule has 5 nitrogen and oxygen atoms in total. The van der Waals surface area contributed by atoms with Gasteiger partial charge in [-0.05, 0) is 13.2 Å². The van der Waals surface area contributed by atoms with Crippen molar-refractivity contribution in [1.82, 2.24) is 15.3 Å². The topological polar surface area (TPSA) is 75.1 Å². The molecule has 1 aromatic rings. The van der Waals surface area contributed by atoms with Gasteiger partial charge in [0.05, 0.1) is 17.8 Å². The Morgan fingerprint density at radius 1 is 1.75 bits per heavy atom. The molecule has 0 saturated heterocycles. The van der Waals surface area contributed by atoms with E-state index in [1.54, 1.807) is 13.2 Å². The minimum absolute atomic E-state index is 0.126. The van der Waals surface area contributed by atoms with E-state index < -0.39 is 5.91 Å². The van der Waals surface area contributed by atoms with E-state index in [0.717, 1.165) is 0 Å². The fourth-order valence-corrected chi connectivity index (χ4v) is 1.46. The molecule has 0 aliphatic carbocycles. The van der Waals surface area contributed by atoms with E-state index in [-0.39, 0.29) is 23.4 Å². The summed E-state index contributed by atoms with van der Waals surface area (Å²) in [5.41, 5.74) is 0.126. The van der Waals surface area contributed by atoms with E-state index in [1.807, 2.05) is 0 Å². The Kier molecular flexibility index (Phi) is 4.98. The monoisotopic (exact) mass is 261 g/mol. The van der Waals surface area contributed by atoms with Crippen LogP contribution in [0.4, 0.5) is 0 Å². The number of aromatic nitrogens is 2. The van der Waals surface area contributed by atoms with E-state index in [1.165, 1.54) is 18.0 Å². The number of nitrogens with zero attached hydrogens (tertiary/aromatic N) is 2. The lowest BCUT2D eigenvalue weighted by atomic mass is 10.3. The maximum absolute atomic E-state index is 11.7. The summed E-state index contributed by atoms with van der Waals surface area (Å²) in [5, 5.41) is 12.1. The van der Waals surface area contributed by atoms with Gasteiger partial charge in [-0.25, -0.2) is 9.97 Å². The van der Waals surface area contributed by atoms with Crippen LogP contribution in [0.15, 0.2) is 11.4 Å². The van der Waals surface area contributed by atoms with Crippen molar-refractivity contribution in [1.29, 1.82) is 0 Å². The molecule has 0 bridgehead atoms. The van der Waals surface area contributed by atoms with Gasteiger partial charge in [0.25, 0.3) is 5.91 Å². The molecular weight excluding hydrogens is 250 g/mol. The van der Waals surface area contributed by atoms with Crippen molar-refractivity contribution < 1.29 is 9.90 Å². The van der Waals surface area contributed by atoms with Gasteiger partial charge in [0.1, 0.15) is 0 Å². The number of halogens is 1. The highest BCUT2D eigenvalue weighted by Gasteiger charge is 2.15. The minimum Gasteiger partial charge on any atom is -0.394 e. The van der Waals surface area contributed by atoms with Gasteiger partial charge in [-0.2, -0.15) is 0 Å². The molecule has 0 spiro atoms. The van der Waals surface area contributed by atoms with Gasteiger partial charge < -0.3 is 10.4 Å². The summed E-state index contributed by atoms with van der Waals surface area (Å²) in [5.74, 6) is -0.413. The Labute approximate surface area is 103 Å². The molecule has 0 aromatic carbocycles. The molecular formula is C9H12ClN3O2S. The number of aliphatic hydroxyl groups excluding tert-OH is 1. The Bertz CT molecular complexity index is 389. The molecule has 0 fully saturated rings. The molecule has 1 heterocycles. The maximum atomic E-state index is 11.7. The zero-order valence-corrected chi connectivity index (χ0v) is 10.5. The molecule has 88 valence electrons. The van der Waals surface area contributed by atoms with Gasteiger partial charge in [-0.15, -0.1) is 0 Å². The Morgan fingerprint density at radius 3 is 3.00 bits per heavy atom. The average molecular weight is 262 g/mol. The van der Waals surface area contributed by atoms with Crippen molar-refractivity contribution in [2.45, 2.75) is 18.1 Å². The molecule has 0 aliphatic heterocycles. The minimum atomic E-state index is -0.413. The van der Waals surface area contributed by atoms with Crippen LogP contribution in [0, 0.1) is 0 Å². The number of hydrogen-bond donors (Lipinski definition) is 2. The Morgan fingerprint density at radius 2 is 2.44 bits per heavy atom. The van der Waals surface area contributed by atoms with Crippen LogP contribution in [-0.4, -0.2) is 39.9 Å². The molecule has 0 saturated carbocycles. The van der Waals surface area contributed by atoms with Crippen molar-refractivity contribution in [3.63, 3.8) is 0 Å². The third-order valence-electron chi connectivity index (χ3n) is 1.77. The lowest BCUT2D eigenvalue weighted by Crippen LogP contribution is -2.35. The van der Waals surface area contributed by atoms with E-state index in [9.17, 15) is 4.79 Å². The first kappa shape index (κ1) is 13.2. The number of nitrogens with one attached hydrogen (secondary N) is 1. The highest BCUT2D eigenvalue weighted by molar-refractivity contribution is 7.98. The van der Waals surface area contributed by atoms with Gasteiger partial charge in [-0.1, -0.05) is 23.4 Å². The fourth-order valence-electron chi connectivity index (χ4n) is 0.946. The molecule has 7 heteroatoms. The number of carbonyl (C=O) groups is 1. The summed E-state index contributed by atoms with van der Waals surface area (Å²) in [6.07, 6.45) is 3.19. The fraction of sp³-hybridized carbons (Fsp3) is 0.444. The zero-order valence-electron chi connectivity index (χ0n) is 8.90. The van der Waals surface area contributed by atoms with Crippen molar-refractivity contribution in [2.24, 2.45) is 0 Å². The number of aliphatic hydroxyl groups is 1. The van der Waals surface area contributed by atoms with Gasteiger partial charge in [-0.3, -0.25) is 4.79 Å². The molecule has 1 atom stereocenters. The van der Waals surface area contributed by atoms with Crippen LogP contribution < -0.4 is 5.32 Å².